The van der Waals surface area contributed by atoms with Gasteiger partial charge in [0.1, 0.15) is 0 Å². The predicted octanol–water partition coefficient (Wildman–Crippen LogP) is 1.76. The Morgan fingerprint density at radius 1 is 1.61 bits per heavy atom. The number of rotatable bonds is 4. The fourth-order valence-electron chi connectivity index (χ4n) is 2.55. The maximum atomic E-state index is 11.0. The summed E-state index contributed by atoms with van der Waals surface area (Å²) in [5.41, 5.74) is 1.16. The predicted molar refractivity (Wildman–Crippen MR) is 68.2 cm³/mol. The molecule has 5 nitrogen and oxygen atoms in total. The Morgan fingerprint density at radius 2 is 2.39 bits per heavy atom. The number of nitrogens with zero attached hydrogens (tertiary/aromatic N) is 3. The lowest BCUT2D eigenvalue weighted by Crippen LogP contribution is -2.38. The molecule has 0 aliphatic carbocycles. The highest BCUT2D eigenvalue weighted by Gasteiger charge is 2.25. The first-order chi connectivity index (χ1) is 8.58. The molecule has 1 atom stereocenters. The maximum Gasteiger partial charge on any atom is 0.307 e. The average Bonchev–Trinajstić information content (AvgIpc) is 2.77. The van der Waals surface area contributed by atoms with Gasteiger partial charge in [-0.05, 0) is 33.2 Å². The zero-order chi connectivity index (χ0) is 13.1. The molecule has 0 bridgehead atoms. The van der Waals surface area contributed by atoms with Gasteiger partial charge < -0.3 is 9.67 Å². The van der Waals surface area contributed by atoms with Crippen LogP contribution in [0, 0.1) is 5.92 Å². The van der Waals surface area contributed by atoms with Crippen LogP contribution < -0.4 is 0 Å². The minimum Gasteiger partial charge on any atom is -0.481 e. The molecule has 0 saturated carbocycles. The van der Waals surface area contributed by atoms with Crippen molar-refractivity contribution in [2.45, 2.75) is 39.3 Å². The molecule has 5 heteroatoms. The first-order valence-corrected chi connectivity index (χ1v) is 6.53. The van der Waals surface area contributed by atoms with Gasteiger partial charge in [-0.1, -0.05) is 0 Å². The van der Waals surface area contributed by atoms with E-state index in [9.17, 15) is 4.79 Å². The Bertz CT molecular complexity index is 414. The van der Waals surface area contributed by atoms with Crippen LogP contribution in [0.2, 0.25) is 0 Å². The first kappa shape index (κ1) is 13.1. The molecule has 0 radical (unpaired) electrons. The van der Waals surface area contributed by atoms with Gasteiger partial charge >= 0.3 is 5.97 Å². The SMILES string of the molecule is CC(C)n1cncc1CN1CCC[C@H](C(=O)O)C1. The van der Waals surface area contributed by atoms with Crippen LogP contribution in [0.25, 0.3) is 0 Å². The molecule has 1 aromatic heterocycles. The van der Waals surface area contributed by atoms with Gasteiger partial charge in [-0.2, -0.15) is 0 Å². The summed E-state index contributed by atoms with van der Waals surface area (Å²) in [5.74, 6) is -0.883. The summed E-state index contributed by atoms with van der Waals surface area (Å²) in [6.45, 7) is 6.68. The van der Waals surface area contributed by atoms with Gasteiger partial charge in [-0.15, -0.1) is 0 Å². The third-order valence-corrected chi connectivity index (χ3v) is 3.54. The minimum atomic E-state index is -0.669. The lowest BCUT2D eigenvalue weighted by molar-refractivity contribution is -0.143. The number of likely N-dealkylation sites (tertiary alicyclic amines) is 1. The van der Waals surface area contributed by atoms with E-state index in [0.29, 0.717) is 12.6 Å². The third kappa shape index (κ3) is 2.90. The molecule has 1 aromatic rings. The van der Waals surface area contributed by atoms with Crippen LogP contribution in [-0.4, -0.2) is 38.6 Å². The Kier molecular flexibility index (Phi) is 4.01. The van der Waals surface area contributed by atoms with Crippen LogP contribution in [-0.2, 0) is 11.3 Å². The number of carboxylic acids is 1. The smallest absolute Gasteiger partial charge is 0.307 e. The highest BCUT2D eigenvalue weighted by Crippen LogP contribution is 2.19. The minimum absolute atomic E-state index is 0.214. The highest BCUT2D eigenvalue weighted by atomic mass is 16.4. The van der Waals surface area contributed by atoms with Gasteiger partial charge in [0.15, 0.2) is 0 Å². The molecule has 0 amide bonds. The number of aliphatic carboxylic acids is 1. The van der Waals surface area contributed by atoms with Crippen molar-refractivity contribution in [1.29, 1.82) is 0 Å². The molecule has 0 spiro atoms. The zero-order valence-electron chi connectivity index (χ0n) is 11.0. The van der Waals surface area contributed by atoms with Crippen LogP contribution in [0.3, 0.4) is 0 Å². The standard InChI is InChI=1S/C13H21N3O2/c1-10(2)16-9-14-6-12(16)8-15-5-3-4-11(7-15)13(17)18/h6,9-11H,3-5,7-8H2,1-2H3,(H,17,18)/t11-/m0/s1. The second-order valence-corrected chi connectivity index (χ2v) is 5.30. The molecule has 0 aromatic carbocycles. The van der Waals surface area contributed by atoms with E-state index in [1.807, 2.05) is 12.5 Å². The topological polar surface area (TPSA) is 58.4 Å². The summed E-state index contributed by atoms with van der Waals surface area (Å²) >= 11 is 0. The summed E-state index contributed by atoms with van der Waals surface area (Å²) < 4.78 is 2.14. The monoisotopic (exact) mass is 251 g/mol. The fourth-order valence-corrected chi connectivity index (χ4v) is 2.55. The summed E-state index contributed by atoms with van der Waals surface area (Å²) in [6.07, 6.45) is 5.49. The van der Waals surface area contributed by atoms with Crippen molar-refractivity contribution in [2.24, 2.45) is 5.92 Å². The zero-order valence-corrected chi connectivity index (χ0v) is 11.0. The van der Waals surface area contributed by atoms with Gasteiger partial charge in [0.05, 0.1) is 17.9 Å². The maximum absolute atomic E-state index is 11.0. The van der Waals surface area contributed by atoms with E-state index in [1.54, 1.807) is 0 Å². The molecule has 100 valence electrons. The van der Waals surface area contributed by atoms with Crippen molar-refractivity contribution in [3.05, 3.63) is 18.2 Å². The molecule has 1 N–H and O–H groups in total. The van der Waals surface area contributed by atoms with E-state index in [-0.39, 0.29) is 5.92 Å². The number of hydrogen-bond donors (Lipinski definition) is 1. The molecule has 1 fully saturated rings. The Hall–Kier alpha value is -1.36. The van der Waals surface area contributed by atoms with Gasteiger partial charge in [-0.3, -0.25) is 9.69 Å². The van der Waals surface area contributed by atoms with Gasteiger partial charge in [-0.25, -0.2) is 4.98 Å². The second-order valence-electron chi connectivity index (χ2n) is 5.30. The van der Waals surface area contributed by atoms with Crippen molar-refractivity contribution < 1.29 is 9.90 Å². The Labute approximate surface area is 107 Å². The lowest BCUT2D eigenvalue weighted by atomic mass is 9.98. The van der Waals surface area contributed by atoms with Crippen molar-refractivity contribution in [3.8, 4) is 0 Å². The molecule has 1 aliphatic heterocycles. The fraction of sp³-hybridized carbons (Fsp3) is 0.692. The molecule has 2 rings (SSSR count). The molecule has 1 saturated heterocycles. The average molecular weight is 251 g/mol. The largest absolute Gasteiger partial charge is 0.481 e. The molecule has 2 heterocycles. The van der Waals surface area contributed by atoms with Crippen LogP contribution >= 0.6 is 0 Å². The van der Waals surface area contributed by atoms with Crippen LogP contribution in [0.15, 0.2) is 12.5 Å². The molecular formula is C13H21N3O2. The highest BCUT2D eigenvalue weighted by molar-refractivity contribution is 5.70. The number of aromatic nitrogens is 2. The molecular weight excluding hydrogens is 230 g/mol. The number of carbonyl (C=O) groups is 1. The van der Waals surface area contributed by atoms with Gasteiger partial charge in [0, 0.05) is 25.3 Å². The molecule has 18 heavy (non-hydrogen) atoms. The summed E-state index contributed by atoms with van der Waals surface area (Å²) in [5, 5.41) is 9.08. The Morgan fingerprint density at radius 3 is 3.06 bits per heavy atom. The summed E-state index contributed by atoms with van der Waals surface area (Å²) in [7, 11) is 0. The van der Waals surface area contributed by atoms with Crippen molar-refractivity contribution >= 4 is 5.97 Å². The van der Waals surface area contributed by atoms with Crippen LogP contribution in [0.4, 0.5) is 0 Å². The van der Waals surface area contributed by atoms with Crippen molar-refractivity contribution in [2.75, 3.05) is 13.1 Å². The molecule has 0 unspecified atom stereocenters. The third-order valence-electron chi connectivity index (χ3n) is 3.54. The van der Waals surface area contributed by atoms with Crippen LogP contribution in [0.5, 0.6) is 0 Å². The van der Waals surface area contributed by atoms with E-state index < -0.39 is 5.97 Å². The number of imidazole rings is 1. The van der Waals surface area contributed by atoms with E-state index in [4.69, 9.17) is 5.11 Å². The van der Waals surface area contributed by atoms with E-state index in [2.05, 4.69) is 28.3 Å². The number of carboxylic acid groups (broad SMARTS) is 1. The van der Waals surface area contributed by atoms with Crippen molar-refractivity contribution in [1.82, 2.24) is 14.5 Å². The number of hydrogen-bond acceptors (Lipinski definition) is 3. The van der Waals surface area contributed by atoms with Crippen LogP contribution in [0.1, 0.15) is 38.4 Å². The van der Waals surface area contributed by atoms with Gasteiger partial charge in [0.25, 0.3) is 0 Å². The molecule has 1 aliphatic rings. The normalized spacial score (nSPS) is 21.4. The summed E-state index contributed by atoms with van der Waals surface area (Å²) in [4.78, 5) is 17.4. The van der Waals surface area contributed by atoms with Gasteiger partial charge in [0.2, 0.25) is 0 Å². The quantitative estimate of drug-likeness (QED) is 0.886. The summed E-state index contributed by atoms with van der Waals surface area (Å²) in [6, 6.07) is 0.391. The van der Waals surface area contributed by atoms with Crippen molar-refractivity contribution in [3.63, 3.8) is 0 Å². The number of piperidine rings is 1. The lowest BCUT2D eigenvalue weighted by Gasteiger charge is -2.30. The Balaban J connectivity index is 2.00. The second kappa shape index (κ2) is 5.52. The van der Waals surface area contributed by atoms with E-state index >= 15 is 0 Å². The first-order valence-electron chi connectivity index (χ1n) is 6.53. The van der Waals surface area contributed by atoms with E-state index in [0.717, 1.165) is 31.6 Å². The van der Waals surface area contributed by atoms with E-state index in [1.165, 1.54) is 0 Å².